The lowest BCUT2D eigenvalue weighted by Crippen LogP contribution is -2.43. The molecule has 2 rings (SSSR count). The van der Waals surface area contributed by atoms with Gasteiger partial charge in [-0.05, 0) is 37.4 Å². The molecule has 5 heteroatoms. The van der Waals surface area contributed by atoms with Crippen LogP contribution >= 0.6 is 0 Å². The Morgan fingerprint density at radius 1 is 1.08 bits per heavy atom. The highest BCUT2D eigenvalue weighted by molar-refractivity contribution is 5.79. The molecule has 2 N–H and O–H groups in total. The first-order valence-electron chi connectivity index (χ1n) is 9.35. The summed E-state index contributed by atoms with van der Waals surface area (Å²) in [5, 5.41) is 5.81. The predicted octanol–water partition coefficient (Wildman–Crippen LogP) is 1.83. The molecule has 1 heterocycles. The van der Waals surface area contributed by atoms with Gasteiger partial charge in [0.2, 0.25) is 11.8 Å². The number of hydrogen-bond donors (Lipinski definition) is 2. The van der Waals surface area contributed by atoms with E-state index in [4.69, 9.17) is 0 Å². The molecule has 0 aliphatic carbocycles. The molecule has 0 unspecified atom stereocenters. The topological polar surface area (TPSA) is 61.4 Å². The van der Waals surface area contributed by atoms with Crippen molar-refractivity contribution in [3.63, 3.8) is 0 Å². The Morgan fingerprint density at radius 3 is 2.36 bits per heavy atom. The van der Waals surface area contributed by atoms with Crippen molar-refractivity contribution in [1.29, 1.82) is 0 Å². The number of hydrogen-bond acceptors (Lipinski definition) is 3. The summed E-state index contributed by atoms with van der Waals surface area (Å²) < 4.78 is 0. The highest BCUT2D eigenvalue weighted by Gasteiger charge is 2.24. The van der Waals surface area contributed by atoms with E-state index in [9.17, 15) is 9.59 Å². The van der Waals surface area contributed by atoms with Crippen LogP contribution < -0.4 is 10.6 Å². The first-order valence-corrected chi connectivity index (χ1v) is 9.35. The van der Waals surface area contributed by atoms with Crippen molar-refractivity contribution in [3.8, 4) is 0 Å². The van der Waals surface area contributed by atoms with Gasteiger partial charge in [0.15, 0.2) is 0 Å². The number of nitrogens with one attached hydrogen (secondary N) is 2. The molecule has 1 saturated heterocycles. The van der Waals surface area contributed by atoms with Crippen molar-refractivity contribution in [2.75, 3.05) is 32.7 Å². The van der Waals surface area contributed by atoms with Crippen LogP contribution in [0.25, 0.3) is 0 Å². The summed E-state index contributed by atoms with van der Waals surface area (Å²) in [4.78, 5) is 26.5. The first kappa shape index (κ1) is 19.4. The molecule has 5 nitrogen and oxygen atoms in total. The molecule has 0 saturated carbocycles. The lowest BCUT2D eigenvalue weighted by atomic mass is 9.95. The van der Waals surface area contributed by atoms with Crippen molar-refractivity contribution in [2.24, 2.45) is 11.8 Å². The number of benzene rings is 1. The number of nitrogens with zero attached hydrogens (tertiary/aromatic N) is 1. The molecule has 1 aliphatic rings. The smallest absolute Gasteiger partial charge is 0.224 e. The number of piperidine rings is 1. The third-order valence-electron chi connectivity index (χ3n) is 4.54. The van der Waals surface area contributed by atoms with E-state index in [2.05, 4.69) is 29.4 Å². The zero-order valence-electron chi connectivity index (χ0n) is 15.5. The van der Waals surface area contributed by atoms with Crippen LogP contribution in [0.5, 0.6) is 0 Å². The first-order chi connectivity index (χ1) is 12.0. The summed E-state index contributed by atoms with van der Waals surface area (Å²) in [6, 6.07) is 9.66. The van der Waals surface area contributed by atoms with Gasteiger partial charge >= 0.3 is 0 Å². The molecule has 138 valence electrons. The van der Waals surface area contributed by atoms with Crippen molar-refractivity contribution >= 4 is 11.8 Å². The van der Waals surface area contributed by atoms with Crippen LogP contribution in [-0.2, 0) is 16.0 Å². The zero-order chi connectivity index (χ0) is 18.1. The molecule has 1 aromatic carbocycles. The summed E-state index contributed by atoms with van der Waals surface area (Å²) >= 11 is 0. The number of amides is 2. The Morgan fingerprint density at radius 2 is 1.72 bits per heavy atom. The predicted molar refractivity (Wildman–Crippen MR) is 100 cm³/mol. The minimum Gasteiger partial charge on any atom is -0.354 e. The van der Waals surface area contributed by atoms with Gasteiger partial charge in [0.1, 0.15) is 0 Å². The minimum absolute atomic E-state index is 0.0116. The van der Waals surface area contributed by atoms with E-state index in [0.717, 1.165) is 38.0 Å². The fourth-order valence-electron chi connectivity index (χ4n) is 3.27. The molecule has 1 aromatic rings. The van der Waals surface area contributed by atoms with Gasteiger partial charge in [0.25, 0.3) is 0 Å². The molecular weight excluding hydrogens is 314 g/mol. The molecule has 25 heavy (non-hydrogen) atoms. The largest absolute Gasteiger partial charge is 0.354 e. The van der Waals surface area contributed by atoms with E-state index in [1.807, 2.05) is 30.3 Å². The number of carbonyl (C=O) groups excluding carboxylic acids is 2. The quantitative estimate of drug-likeness (QED) is 0.707. The van der Waals surface area contributed by atoms with Crippen LogP contribution in [0.15, 0.2) is 30.3 Å². The van der Waals surface area contributed by atoms with Crippen LogP contribution in [0, 0.1) is 11.8 Å². The summed E-state index contributed by atoms with van der Waals surface area (Å²) in [6.07, 6.45) is 2.24. The van der Waals surface area contributed by atoms with Gasteiger partial charge in [0, 0.05) is 25.6 Å². The maximum atomic E-state index is 12.2. The van der Waals surface area contributed by atoms with E-state index < -0.39 is 0 Å². The van der Waals surface area contributed by atoms with E-state index in [1.165, 1.54) is 0 Å². The normalized spacial score (nSPS) is 16.0. The summed E-state index contributed by atoms with van der Waals surface area (Å²) in [6.45, 7) is 8.54. The van der Waals surface area contributed by atoms with E-state index in [0.29, 0.717) is 25.4 Å². The Hall–Kier alpha value is -1.88. The average Bonchev–Trinajstić information content (AvgIpc) is 2.59. The summed E-state index contributed by atoms with van der Waals surface area (Å²) in [5.41, 5.74) is 0.997. The van der Waals surface area contributed by atoms with Crippen LogP contribution in [0.1, 0.15) is 32.3 Å². The standard InChI is InChI=1S/C20H31N3O2/c1-16(2)15-23-12-8-18(9-13-23)20(25)22-11-10-21-19(24)14-17-6-4-3-5-7-17/h3-7,16,18H,8-15H2,1-2H3,(H,21,24)(H,22,25). The molecule has 0 radical (unpaired) electrons. The molecule has 1 fully saturated rings. The minimum atomic E-state index is -0.0116. The van der Waals surface area contributed by atoms with Crippen molar-refractivity contribution in [3.05, 3.63) is 35.9 Å². The molecule has 0 bridgehead atoms. The van der Waals surface area contributed by atoms with Crippen LogP contribution in [0.2, 0.25) is 0 Å². The SMILES string of the molecule is CC(C)CN1CCC(C(=O)NCCNC(=O)Cc2ccccc2)CC1. The number of carbonyl (C=O) groups is 2. The highest BCUT2D eigenvalue weighted by atomic mass is 16.2. The van der Waals surface area contributed by atoms with Crippen LogP contribution in [0.4, 0.5) is 0 Å². The fraction of sp³-hybridized carbons (Fsp3) is 0.600. The second-order valence-corrected chi connectivity index (χ2v) is 7.27. The molecule has 1 aliphatic heterocycles. The number of rotatable bonds is 8. The van der Waals surface area contributed by atoms with Gasteiger partial charge in [-0.3, -0.25) is 9.59 Å². The monoisotopic (exact) mass is 345 g/mol. The molecule has 0 aromatic heterocycles. The lowest BCUT2D eigenvalue weighted by Gasteiger charge is -2.32. The highest BCUT2D eigenvalue weighted by Crippen LogP contribution is 2.18. The Balaban J connectivity index is 1.57. The number of likely N-dealkylation sites (tertiary alicyclic amines) is 1. The van der Waals surface area contributed by atoms with Gasteiger partial charge in [-0.2, -0.15) is 0 Å². The molecule has 2 amide bonds. The van der Waals surface area contributed by atoms with Gasteiger partial charge in [0.05, 0.1) is 6.42 Å². The van der Waals surface area contributed by atoms with E-state index in [-0.39, 0.29) is 17.7 Å². The van der Waals surface area contributed by atoms with Gasteiger partial charge < -0.3 is 15.5 Å². The maximum Gasteiger partial charge on any atom is 0.224 e. The van der Waals surface area contributed by atoms with Gasteiger partial charge in [-0.1, -0.05) is 44.2 Å². The molecule has 0 atom stereocenters. The Kier molecular flexibility index (Phi) is 7.92. The Labute approximate surface area is 151 Å². The van der Waals surface area contributed by atoms with Gasteiger partial charge in [-0.25, -0.2) is 0 Å². The Bertz CT molecular complexity index is 537. The molecular formula is C20H31N3O2. The fourth-order valence-corrected chi connectivity index (χ4v) is 3.27. The second-order valence-electron chi connectivity index (χ2n) is 7.27. The second kappa shape index (κ2) is 10.2. The van der Waals surface area contributed by atoms with E-state index in [1.54, 1.807) is 0 Å². The van der Waals surface area contributed by atoms with Crippen molar-refractivity contribution in [1.82, 2.24) is 15.5 Å². The van der Waals surface area contributed by atoms with Crippen molar-refractivity contribution in [2.45, 2.75) is 33.1 Å². The summed E-state index contributed by atoms with van der Waals surface area (Å²) in [7, 11) is 0. The zero-order valence-corrected chi connectivity index (χ0v) is 15.5. The lowest BCUT2D eigenvalue weighted by molar-refractivity contribution is -0.126. The van der Waals surface area contributed by atoms with Crippen LogP contribution in [-0.4, -0.2) is 49.4 Å². The third-order valence-corrected chi connectivity index (χ3v) is 4.54. The molecule has 0 spiro atoms. The maximum absolute atomic E-state index is 12.2. The summed E-state index contributed by atoms with van der Waals surface area (Å²) in [5.74, 6) is 0.900. The third kappa shape index (κ3) is 7.26. The van der Waals surface area contributed by atoms with Crippen LogP contribution in [0.3, 0.4) is 0 Å². The average molecular weight is 345 g/mol. The van der Waals surface area contributed by atoms with E-state index >= 15 is 0 Å². The van der Waals surface area contributed by atoms with Crippen molar-refractivity contribution < 1.29 is 9.59 Å². The van der Waals surface area contributed by atoms with Gasteiger partial charge in [-0.15, -0.1) is 0 Å².